The van der Waals surface area contributed by atoms with Gasteiger partial charge in [-0.05, 0) is 6.42 Å². The van der Waals surface area contributed by atoms with Crippen molar-refractivity contribution < 1.29 is 4.74 Å². The van der Waals surface area contributed by atoms with Crippen molar-refractivity contribution in [2.75, 3.05) is 13.2 Å². The quantitative estimate of drug-likeness (QED) is 0.568. The molecule has 3 nitrogen and oxygen atoms in total. The molecule has 56 valence electrons. The summed E-state index contributed by atoms with van der Waals surface area (Å²) in [5.74, 6) is 0.263. The minimum absolute atomic E-state index is 0.174. The highest BCUT2D eigenvalue weighted by Crippen LogP contribution is 2.15. The van der Waals surface area contributed by atoms with Gasteiger partial charge in [0.05, 0.1) is 12.7 Å². The molecular weight excluding hydrogens is 128 g/mol. The van der Waals surface area contributed by atoms with Gasteiger partial charge in [0.25, 0.3) is 0 Å². The molecule has 1 saturated heterocycles. The molecule has 0 aliphatic carbocycles. The molecule has 1 aliphatic rings. The van der Waals surface area contributed by atoms with Crippen LogP contribution in [0.1, 0.15) is 12.8 Å². The summed E-state index contributed by atoms with van der Waals surface area (Å²) in [7, 11) is 0. The third-order valence-corrected chi connectivity index (χ3v) is 1.89. The predicted octanol–water partition coefficient (Wildman–Crippen LogP) is 0.264. The van der Waals surface area contributed by atoms with E-state index in [0.29, 0.717) is 13.0 Å². The van der Waals surface area contributed by atoms with Crippen molar-refractivity contribution in [3.05, 3.63) is 0 Å². The summed E-state index contributed by atoms with van der Waals surface area (Å²) in [4.78, 5) is 0. The van der Waals surface area contributed by atoms with Gasteiger partial charge in [-0.3, -0.25) is 0 Å². The molecule has 0 radical (unpaired) electrons. The van der Waals surface area contributed by atoms with Crippen molar-refractivity contribution in [3.8, 4) is 6.07 Å². The first kappa shape index (κ1) is 7.52. The summed E-state index contributed by atoms with van der Waals surface area (Å²) in [5, 5.41) is 8.38. The summed E-state index contributed by atoms with van der Waals surface area (Å²) in [5.41, 5.74) is 5.73. The van der Waals surface area contributed by atoms with Gasteiger partial charge in [0.1, 0.15) is 0 Å². The Balaban J connectivity index is 2.34. The molecule has 3 heteroatoms. The number of hydrogen-bond acceptors (Lipinski definition) is 3. The van der Waals surface area contributed by atoms with Gasteiger partial charge in [-0.1, -0.05) is 0 Å². The van der Waals surface area contributed by atoms with Crippen molar-refractivity contribution in [1.29, 1.82) is 5.26 Å². The first-order chi connectivity index (χ1) is 4.84. The molecule has 1 heterocycles. The smallest absolute Gasteiger partial charge is 0.0626 e. The van der Waals surface area contributed by atoms with E-state index in [1.165, 1.54) is 0 Å². The monoisotopic (exact) mass is 140 g/mol. The lowest BCUT2D eigenvalue weighted by Gasteiger charge is -2.26. The van der Waals surface area contributed by atoms with Crippen molar-refractivity contribution in [2.24, 2.45) is 11.7 Å². The van der Waals surface area contributed by atoms with Crippen LogP contribution in [0.4, 0.5) is 0 Å². The maximum absolute atomic E-state index is 8.38. The van der Waals surface area contributed by atoms with Crippen LogP contribution in [0.3, 0.4) is 0 Å². The summed E-state index contributed by atoms with van der Waals surface area (Å²) < 4.78 is 5.17. The van der Waals surface area contributed by atoms with Gasteiger partial charge in [0.2, 0.25) is 0 Å². The lowest BCUT2D eigenvalue weighted by atomic mass is 9.94. The van der Waals surface area contributed by atoms with E-state index in [-0.39, 0.29) is 12.0 Å². The van der Waals surface area contributed by atoms with E-state index in [9.17, 15) is 0 Å². The fourth-order valence-corrected chi connectivity index (χ4v) is 1.14. The van der Waals surface area contributed by atoms with E-state index in [1.54, 1.807) is 0 Å². The van der Waals surface area contributed by atoms with Crippen LogP contribution in [0, 0.1) is 17.2 Å². The minimum Gasteiger partial charge on any atom is -0.381 e. The molecule has 0 spiro atoms. The third-order valence-electron chi connectivity index (χ3n) is 1.89. The molecule has 0 aromatic rings. The number of nitrogens with two attached hydrogens (primary N) is 1. The highest BCUT2D eigenvalue weighted by atomic mass is 16.5. The fraction of sp³-hybridized carbons (Fsp3) is 0.857. The normalized spacial score (nSPS) is 33.2. The van der Waals surface area contributed by atoms with Crippen molar-refractivity contribution in [2.45, 2.75) is 18.9 Å². The maximum Gasteiger partial charge on any atom is 0.0626 e. The predicted molar refractivity (Wildman–Crippen MR) is 37.1 cm³/mol. The van der Waals surface area contributed by atoms with Crippen LogP contribution in [0.2, 0.25) is 0 Å². The van der Waals surface area contributed by atoms with E-state index in [1.807, 2.05) is 0 Å². The van der Waals surface area contributed by atoms with Crippen molar-refractivity contribution in [3.63, 3.8) is 0 Å². The molecule has 1 aliphatic heterocycles. The zero-order valence-corrected chi connectivity index (χ0v) is 5.92. The number of hydrogen-bond donors (Lipinski definition) is 1. The van der Waals surface area contributed by atoms with E-state index in [4.69, 9.17) is 15.7 Å². The Morgan fingerprint density at radius 2 is 2.50 bits per heavy atom. The van der Waals surface area contributed by atoms with Gasteiger partial charge < -0.3 is 10.5 Å². The highest BCUT2D eigenvalue weighted by Gasteiger charge is 2.21. The van der Waals surface area contributed by atoms with Crippen LogP contribution in [0.5, 0.6) is 0 Å². The molecule has 1 fully saturated rings. The summed E-state index contributed by atoms with van der Waals surface area (Å²) >= 11 is 0. The standard InChI is InChI=1S/C7H12N2O/c8-3-1-6-5-10-4-2-7(6)9/h6-7H,1-2,4-5,9H2. The molecule has 0 aromatic carbocycles. The van der Waals surface area contributed by atoms with Crippen LogP contribution in [0.25, 0.3) is 0 Å². The van der Waals surface area contributed by atoms with Gasteiger partial charge in [0, 0.05) is 25.0 Å². The minimum atomic E-state index is 0.174. The molecule has 0 bridgehead atoms. The second-order valence-electron chi connectivity index (χ2n) is 2.65. The second kappa shape index (κ2) is 3.55. The zero-order chi connectivity index (χ0) is 7.40. The largest absolute Gasteiger partial charge is 0.381 e. The Kier molecular flexibility index (Phi) is 2.67. The van der Waals surface area contributed by atoms with Crippen LogP contribution < -0.4 is 5.73 Å². The van der Waals surface area contributed by atoms with Gasteiger partial charge in [-0.15, -0.1) is 0 Å². The third kappa shape index (κ3) is 1.69. The summed E-state index contributed by atoms with van der Waals surface area (Å²) in [6.07, 6.45) is 1.42. The Morgan fingerprint density at radius 1 is 1.70 bits per heavy atom. The Hall–Kier alpha value is -0.590. The first-order valence-electron chi connectivity index (χ1n) is 3.55. The van der Waals surface area contributed by atoms with Crippen LogP contribution in [-0.4, -0.2) is 19.3 Å². The number of rotatable bonds is 1. The van der Waals surface area contributed by atoms with Gasteiger partial charge in [0.15, 0.2) is 0 Å². The van der Waals surface area contributed by atoms with Crippen molar-refractivity contribution in [1.82, 2.24) is 0 Å². The second-order valence-corrected chi connectivity index (χ2v) is 2.65. The average Bonchev–Trinajstić information content (AvgIpc) is 1.94. The fourth-order valence-electron chi connectivity index (χ4n) is 1.14. The van der Waals surface area contributed by atoms with Gasteiger partial charge in [-0.2, -0.15) is 5.26 Å². The lowest BCUT2D eigenvalue weighted by molar-refractivity contribution is 0.0438. The molecule has 10 heavy (non-hydrogen) atoms. The Bertz CT molecular complexity index is 141. The van der Waals surface area contributed by atoms with Crippen LogP contribution >= 0.6 is 0 Å². The summed E-state index contributed by atoms with van der Waals surface area (Å²) in [6, 6.07) is 2.28. The van der Waals surface area contributed by atoms with Gasteiger partial charge in [-0.25, -0.2) is 0 Å². The molecule has 2 unspecified atom stereocenters. The molecule has 0 amide bonds. The van der Waals surface area contributed by atoms with E-state index in [2.05, 4.69) is 6.07 Å². The topological polar surface area (TPSA) is 59.0 Å². The van der Waals surface area contributed by atoms with Crippen LogP contribution in [0.15, 0.2) is 0 Å². The molecule has 2 atom stereocenters. The highest BCUT2D eigenvalue weighted by molar-refractivity contribution is 4.84. The molecule has 1 rings (SSSR count). The number of ether oxygens (including phenoxy) is 1. The Labute approximate surface area is 60.8 Å². The SMILES string of the molecule is N#CCC1COCCC1N. The molecular formula is C7H12N2O. The molecule has 0 saturated carbocycles. The maximum atomic E-state index is 8.38. The molecule has 2 N–H and O–H groups in total. The van der Waals surface area contributed by atoms with Crippen molar-refractivity contribution >= 4 is 0 Å². The van der Waals surface area contributed by atoms with Crippen LogP contribution in [-0.2, 0) is 4.74 Å². The average molecular weight is 140 g/mol. The Morgan fingerprint density at radius 3 is 3.10 bits per heavy atom. The van der Waals surface area contributed by atoms with E-state index in [0.717, 1.165) is 13.0 Å². The van der Waals surface area contributed by atoms with Gasteiger partial charge >= 0.3 is 0 Å². The zero-order valence-electron chi connectivity index (χ0n) is 5.92. The lowest BCUT2D eigenvalue weighted by Crippen LogP contribution is -2.38. The van der Waals surface area contributed by atoms with E-state index < -0.39 is 0 Å². The van der Waals surface area contributed by atoms with E-state index >= 15 is 0 Å². The number of nitriles is 1. The molecule has 0 aromatic heterocycles. The summed E-state index contributed by atoms with van der Waals surface area (Å²) in [6.45, 7) is 1.41. The number of nitrogens with zero attached hydrogens (tertiary/aromatic N) is 1. The first-order valence-corrected chi connectivity index (χ1v) is 3.55.